The van der Waals surface area contributed by atoms with Crippen LogP contribution < -0.4 is 11.1 Å². The van der Waals surface area contributed by atoms with Crippen molar-refractivity contribution in [2.24, 2.45) is 11.7 Å². The number of hydrogen-bond acceptors (Lipinski definition) is 3. The molecule has 3 N–H and O–H groups in total. The Balaban J connectivity index is 1.83. The number of ether oxygens (including phenoxy) is 1. The van der Waals surface area contributed by atoms with E-state index in [1.807, 2.05) is 24.3 Å². The maximum absolute atomic E-state index is 11.9. The smallest absolute Gasteiger partial charge is 0.251 e. The molecule has 1 aromatic carbocycles. The van der Waals surface area contributed by atoms with E-state index in [9.17, 15) is 4.79 Å². The summed E-state index contributed by atoms with van der Waals surface area (Å²) in [5.74, 6) is 0.451. The van der Waals surface area contributed by atoms with E-state index in [4.69, 9.17) is 10.5 Å². The molecule has 1 fully saturated rings. The second-order valence-corrected chi connectivity index (χ2v) is 4.68. The summed E-state index contributed by atoms with van der Waals surface area (Å²) in [4.78, 5) is 11.9. The van der Waals surface area contributed by atoms with Gasteiger partial charge < -0.3 is 15.8 Å². The number of nitrogens with one attached hydrogen (secondary N) is 1. The van der Waals surface area contributed by atoms with Gasteiger partial charge in [0.25, 0.3) is 5.91 Å². The van der Waals surface area contributed by atoms with E-state index in [0.29, 0.717) is 24.6 Å². The van der Waals surface area contributed by atoms with E-state index >= 15 is 0 Å². The Kier molecular flexibility index (Phi) is 4.73. The minimum atomic E-state index is -0.0128. The molecule has 1 unspecified atom stereocenters. The van der Waals surface area contributed by atoms with Gasteiger partial charge in [-0.1, -0.05) is 12.1 Å². The van der Waals surface area contributed by atoms with Gasteiger partial charge >= 0.3 is 0 Å². The Morgan fingerprint density at radius 3 is 2.78 bits per heavy atom. The number of carbonyl (C=O) groups excluding carboxylic acids is 1. The van der Waals surface area contributed by atoms with Crippen LogP contribution in [0.25, 0.3) is 0 Å². The van der Waals surface area contributed by atoms with E-state index in [1.165, 1.54) is 5.56 Å². The summed E-state index contributed by atoms with van der Waals surface area (Å²) < 4.78 is 5.27. The van der Waals surface area contributed by atoms with Crippen LogP contribution in [0.3, 0.4) is 0 Å². The number of rotatable bonds is 5. The zero-order valence-electron chi connectivity index (χ0n) is 10.5. The van der Waals surface area contributed by atoms with Crippen molar-refractivity contribution in [3.63, 3.8) is 0 Å². The molecule has 0 radical (unpaired) electrons. The van der Waals surface area contributed by atoms with Gasteiger partial charge in [-0.2, -0.15) is 0 Å². The lowest BCUT2D eigenvalue weighted by Crippen LogP contribution is -2.29. The molecule has 1 atom stereocenters. The number of hydrogen-bond donors (Lipinski definition) is 2. The minimum absolute atomic E-state index is 0.0128. The van der Waals surface area contributed by atoms with Crippen molar-refractivity contribution in [3.05, 3.63) is 35.4 Å². The minimum Gasteiger partial charge on any atom is -0.381 e. The quantitative estimate of drug-likeness (QED) is 0.815. The van der Waals surface area contributed by atoms with Crippen LogP contribution in [0.5, 0.6) is 0 Å². The van der Waals surface area contributed by atoms with Crippen molar-refractivity contribution in [1.82, 2.24) is 5.32 Å². The van der Waals surface area contributed by atoms with Crippen molar-refractivity contribution in [3.8, 4) is 0 Å². The molecule has 1 saturated heterocycles. The van der Waals surface area contributed by atoms with E-state index in [1.54, 1.807) is 0 Å². The van der Waals surface area contributed by atoms with Crippen LogP contribution in [0.4, 0.5) is 0 Å². The summed E-state index contributed by atoms with van der Waals surface area (Å²) in [7, 11) is 0. The average Bonchev–Trinajstić information content (AvgIpc) is 2.90. The number of nitrogens with two attached hydrogens (primary N) is 1. The van der Waals surface area contributed by atoms with E-state index < -0.39 is 0 Å². The van der Waals surface area contributed by atoms with Gasteiger partial charge in [0.15, 0.2) is 0 Å². The highest BCUT2D eigenvalue weighted by Gasteiger charge is 2.16. The van der Waals surface area contributed by atoms with Crippen LogP contribution in [0, 0.1) is 5.92 Å². The fraction of sp³-hybridized carbons (Fsp3) is 0.500. The van der Waals surface area contributed by atoms with Crippen LogP contribution in [-0.2, 0) is 11.2 Å². The largest absolute Gasteiger partial charge is 0.381 e. The van der Waals surface area contributed by atoms with Gasteiger partial charge in [-0.25, -0.2) is 0 Å². The molecule has 0 bridgehead atoms. The van der Waals surface area contributed by atoms with Gasteiger partial charge in [0, 0.05) is 24.6 Å². The molecule has 1 aliphatic heterocycles. The van der Waals surface area contributed by atoms with Crippen molar-refractivity contribution in [1.29, 1.82) is 0 Å². The van der Waals surface area contributed by atoms with Gasteiger partial charge in [0.1, 0.15) is 0 Å². The van der Waals surface area contributed by atoms with Gasteiger partial charge in [0.05, 0.1) is 6.61 Å². The molecule has 0 aromatic heterocycles. The lowest BCUT2D eigenvalue weighted by molar-refractivity contribution is 0.0945. The fourth-order valence-electron chi connectivity index (χ4n) is 2.07. The maximum atomic E-state index is 11.9. The first kappa shape index (κ1) is 13.1. The average molecular weight is 248 g/mol. The van der Waals surface area contributed by atoms with E-state index in [2.05, 4.69) is 5.32 Å². The molecule has 18 heavy (non-hydrogen) atoms. The first-order valence-corrected chi connectivity index (χ1v) is 6.44. The molecule has 1 aliphatic rings. The van der Waals surface area contributed by atoms with Gasteiger partial charge in [-0.05, 0) is 37.1 Å². The predicted molar refractivity (Wildman–Crippen MR) is 70.5 cm³/mol. The molecule has 1 amide bonds. The normalized spacial score (nSPS) is 18.8. The molecular weight excluding hydrogens is 228 g/mol. The Labute approximate surface area is 108 Å². The van der Waals surface area contributed by atoms with Crippen molar-refractivity contribution < 1.29 is 9.53 Å². The first-order chi connectivity index (χ1) is 8.79. The van der Waals surface area contributed by atoms with Crippen LogP contribution in [-0.4, -0.2) is 32.2 Å². The van der Waals surface area contributed by atoms with Gasteiger partial charge in [0.2, 0.25) is 0 Å². The van der Waals surface area contributed by atoms with E-state index in [-0.39, 0.29) is 5.91 Å². The summed E-state index contributed by atoms with van der Waals surface area (Å²) in [6, 6.07) is 7.62. The van der Waals surface area contributed by atoms with Crippen molar-refractivity contribution in [2.45, 2.75) is 12.8 Å². The Morgan fingerprint density at radius 2 is 2.17 bits per heavy atom. The summed E-state index contributed by atoms with van der Waals surface area (Å²) in [5, 5.41) is 2.95. The SMILES string of the molecule is NCCc1ccc(C(=O)NCC2CCOC2)cc1. The Bertz CT molecular complexity index is 383. The molecular formula is C14H20N2O2. The topological polar surface area (TPSA) is 64.4 Å². The fourth-order valence-corrected chi connectivity index (χ4v) is 2.07. The van der Waals surface area contributed by atoms with Gasteiger partial charge in [-0.15, -0.1) is 0 Å². The van der Waals surface area contributed by atoms with Crippen LogP contribution in [0.2, 0.25) is 0 Å². The van der Waals surface area contributed by atoms with E-state index in [0.717, 1.165) is 26.1 Å². The molecule has 98 valence electrons. The molecule has 1 heterocycles. The molecule has 2 rings (SSSR count). The zero-order valence-corrected chi connectivity index (χ0v) is 10.5. The highest BCUT2D eigenvalue weighted by atomic mass is 16.5. The predicted octanol–water partition coefficient (Wildman–Crippen LogP) is 0.954. The van der Waals surface area contributed by atoms with Crippen LogP contribution in [0.15, 0.2) is 24.3 Å². The third kappa shape index (κ3) is 3.55. The number of amides is 1. The molecule has 0 saturated carbocycles. The van der Waals surface area contributed by atoms with Gasteiger partial charge in [-0.3, -0.25) is 4.79 Å². The van der Waals surface area contributed by atoms with Crippen molar-refractivity contribution >= 4 is 5.91 Å². The maximum Gasteiger partial charge on any atom is 0.251 e. The molecule has 1 aromatic rings. The Morgan fingerprint density at radius 1 is 1.39 bits per heavy atom. The molecule has 0 spiro atoms. The molecule has 0 aliphatic carbocycles. The summed E-state index contributed by atoms with van der Waals surface area (Å²) in [5.41, 5.74) is 7.35. The van der Waals surface area contributed by atoms with Crippen LogP contribution >= 0.6 is 0 Å². The summed E-state index contributed by atoms with van der Waals surface area (Å²) in [6.45, 7) is 2.90. The molecule has 4 heteroatoms. The monoisotopic (exact) mass is 248 g/mol. The first-order valence-electron chi connectivity index (χ1n) is 6.44. The standard InChI is InChI=1S/C14H20N2O2/c15-7-5-11-1-3-13(4-2-11)14(17)16-9-12-6-8-18-10-12/h1-4,12H,5-10,15H2,(H,16,17). The van der Waals surface area contributed by atoms with Crippen molar-refractivity contribution in [2.75, 3.05) is 26.3 Å². The zero-order chi connectivity index (χ0) is 12.8. The molecule has 4 nitrogen and oxygen atoms in total. The third-order valence-corrected chi connectivity index (χ3v) is 3.22. The van der Waals surface area contributed by atoms with Crippen LogP contribution in [0.1, 0.15) is 22.3 Å². The second-order valence-electron chi connectivity index (χ2n) is 4.68. The summed E-state index contributed by atoms with van der Waals surface area (Å²) >= 11 is 0. The summed E-state index contributed by atoms with van der Waals surface area (Å²) in [6.07, 6.45) is 1.89. The Hall–Kier alpha value is -1.39. The highest BCUT2D eigenvalue weighted by Crippen LogP contribution is 2.11. The lowest BCUT2D eigenvalue weighted by Gasteiger charge is -2.09. The highest BCUT2D eigenvalue weighted by molar-refractivity contribution is 5.94. The number of carbonyl (C=O) groups is 1. The number of benzene rings is 1. The lowest BCUT2D eigenvalue weighted by atomic mass is 10.1. The second kappa shape index (κ2) is 6.52. The third-order valence-electron chi connectivity index (χ3n) is 3.22.